The minimum Gasteiger partial charge on any atom is -0.347 e. The molecular weight excluding hydrogens is 296 g/mol. The molecule has 0 aliphatic heterocycles. The van der Waals surface area contributed by atoms with Crippen LogP contribution >= 0.6 is 11.6 Å². The largest absolute Gasteiger partial charge is 0.347 e. The predicted octanol–water partition coefficient (Wildman–Crippen LogP) is 2.67. The number of hydrogen-bond donors (Lipinski definition) is 2. The Balaban J connectivity index is 1.84. The lowest BCUT2D eigenvalue weighted by Gasteiger charge is -2.17. The van der Waals surface area contributed by atoms with Crippen molar-refractivity contribution in [2.24, 2.45) is 0 Å². The molecule has 0 radical (unpaired) electrons. The van der Waals surface area contributed by atoms with Crippen molar-refractivity contribution in [2.75, 3.05) is 0 Å². The van der Waals surface area contributed by atoms with Gasteiger partial charge in [0.15, 0.2) is 6.04 Å². The van der Waals surface area contributed by atoms with Crippen molar-refractivity contribution in [3.63, 3.8) is 0 Å². The van der Waals surface area contributed by atoms with Crippen molar-refractivity contribution in [2.45, 2.75) is 32.5 Å². The highest BCUT2D eigenvalue weighted by Gasteiger charge is 2.19. The van der Waals surface area contributed by atoms with Crippen molar-refractivity contribution in [3.8, 4) is 0 Å². The number of nitrogens with one attached hydrogen (secondary N) is 1. The lowest BCUT2D eigenvalue weighted by molar-refractivity contribution is -0.710. The molecule has 3 nitrogen and oxygen atoms in total. The number of nitrogens with two attached hydrogens (primary N) is 1. The number of quaternary nitrogens is 1. The van der Waals surface area contributed by atoms with E-state index in [9.17, 15) is 4.79 Å². The van der Waals surface area contributed by atoms with Gasteiger partial charge >= 0.3 is 0 Å². The van der Waals surface area contributed by atoms with Crippen LogP contribution in [0, 0.1) is 0 Å². The average Bonchev–Trinajstić information content (AvgIpc) is 2.54. The first kappa shape index (κ1) is 16.5. The zero-order valence-corrected chi connectivity index (χ0v) is 13.7. The van der Waals surface area contributed by atoms with Gasteiger partial charge in [0.05, 0.1) is 0 Å². The Morgan fingerprint density at radius 2 is 1.73 bits per heavy atom. The summed E-state index contributed by atoms with van der Waals surface area (Å²) in [6.07, 6.45) is 0. The van der Waals surface area contributed by atoms with Gasteiger partial charge in [0.1, 0.15) is 6.04 Å². The van der Waals surface area contributed by atoms with Crippen molar-refractivity contribution in [1.82, 2.24) is 5.32 Å². The number of rotatable bonds is 6. The minimum absolute atomic E-state index is 0.0460. The summed E-state index contributed by atoms with van der Waals surface area (Å²) in [6, 6.07) is 17.7. The molecule has 0 aliphatic rings. The number of carbonyl (C=O) groups is 1. The van der Waals surface area contributed by atoms with Crippen molar-refractivity contribution in [1.29, 1.82) is 0 Å². The van der Waals surface area contributed by atoms with E-state index in [-0.39, 0.29) is 18.0 Å². The first-order chi connectivity index (χ1) is 10.6. The van der Waals surface area contributed by atoms with E-state index in [0.29, 0.717) is 6.54 Å². The lowest BCUT2D eigenvalue weighted by Crippen LogP contribution is -2.92. The molecule has 1 amide bonds. The number of amides is 1. The molecule has 0 bridgehead atoms. The maximum absolute atomic E-state index is 12.2. The monoisotopic (exact) mass is 317 g/mol. The molecule has 0 saturated heterocycles. The molecule has 4 heteroatoms. The van der Waals surface area contributed by atoms with Gasteiger partial charge in [0.25, 0.3) is 5.91 Å². The summed E-state index contributed by atoms with van der Waals surface area (Å²) in [7, 11) is 0. The van der Waals surface area contributed by atoms with E-state index in [2.05, 4.69) is 17.6 Å². The second kappa shape index (κ2) is 7.97. The van der Waals surface area contributed by atoms with Crippen LogP contribution < -0.4 is 10.6 Å². The van der Waals surface area contributed by atoms with Crippen molar-refractivity contribution in [3.05, 3.63) is 70.7 Å². The normalized spacial score (nSPS) is 13.4. The second-order valence-electron chi connectivity index (χ2n) is 5.52. The Hall–Kier alpha value is -1.84. The molecule has 2 rings (SSSR count). The van der Waals surface area contributed by atoms with E-state index in [0.717, 1.165) is 16.1 Å². The molecule has 2 atom stereocenters. The van der Waals surface area contributed by atoms with E-state index in [1.165, 1.54) is 0 Å². The SMILES string of the molecule is C[C@H]([NH2+][C@H](C)c1ccc(Cl)cc1)C(=O)NCc1ccccc1. The van der Waals surface area contributed by atoms with Gasteiger partial charge in [-0.25, -0.2) is 0 Å². The number of halogens is 1. The maximum atomic E-state index is 12.2. The summed E-state index contributed by atoms with van der Waals surface area (Å²) in [5, 5.41) is 5.76. The van der Waals surface area contributed by atoms with Crippen LogP contribution in [0.3, 0.4) is 0 Å². The molecule has 0 aromatic heterocycles. The molecule has 0 spiro atoms. The van der Waals surface area contributed by atoms with E-state index < -0.39 is 0 Å². The summed E-state index contributed by atoms with van der Waals surface area (Å²) in [5.74, 6) is 0.0460. The topological polar surface area (TPSA) is 45.7 Å². The highest BCUT2D eigenvalue weighted by Crippen LogP contribution is 2.13. The quantitative estimate of drug-likeness (QED) is 0.845. The lowest BCUT2D eigenvalue weighted by atomic mass is 10.1. The Morgan fingerprint density at radius 1 is 1.09 bits per heavy atom. The molecule has 22 heavy (non-hydrogen) atoms. The van der Waals surface area contributed by atoms with Crippen LogP contribution in [-0.4, -0.2) is 11.9 Å². The van der Waals surface area contributed by atoms with Crippen LogP contribution in [0.4, 0.5) is 0 Å². The molecule has 0 aliphatic carbocycles. The highest BCUT2D eigenvalue weighted by atomic mass is 35.5. The van der Waals surface area contributed by atoms with Crippen LogP contribution in [0.5, 0.6) is 0 Å². The Morgan fingerprint density at radius 3 is 2.36 bits per heavy atom. The molecular formula is C18H22ClN2O+. The van der Waals surface area contributed by atoms with Crippen LogP contribution in [0.25, 0.3) is 0 Å². The van der Waals surface area contributed by atoms with E-state index in [4.69, 9.17) is 11.6 Å². The first-order valence-corrected chi connectivity index (χ1v) is 7.86. The van der Waals surface area contributed by atoms with Gasteiger partial charge in [-0.05, 0) is 31.5 Å². The van der Waals surface area contributed by atoms with Gasteiger partial charge in [-0.1, -0.05) is 54.1 Å². The van der Waals surface area contributed by atoms with Gasteiger partial charge < -0.3 is 10.6 Å². The van der Waals surface area contributed by atoms with Crippen LogP contribution in [0.1, 0.15) is 31.0 Å². The standard InChI is InChI=1S/C18H21ClN2O/c1-13(16-8-10-17(19)11-9-16)21-14(2)18(22)20-12-15-6-4-3-5-7-15/h3-11,13-14,21H,12H2,1-2H3,(H,20,22)/p+1/t13-,14+/m1/s1. The number of carbonyl (C=O) groups excluding carboxylic acids is 1. The molecule has 2 aromatic rings. The molecule has 116 valence electrons. The van der Waals surface area contributed by atoms with Gasteiger partial charge in [-0.15, -0.1) is 0 Å². The summed E-state index contributed by atoms with van der Waals surface area (Å²) >= 11 is 5.90. The third-order valence-corrected chi connectivity index (χ3v) is 3.95. The third-order valence-electron chi connectivity index (χ3n) is 3.70. The van der Waals surface area contributed by atoms with E-state index in [1.807, 2.05) is 61.5 Å². The fourth-order valence-corrected chi connectivity index (χ4v) is 2.47. The number of benzene rings is 2. The third kappa shape index (κ3) is 4.86. The average molecular weight is 318 g/mol. The fourth-order valence-electron chi connectivity index (χ4n) is 2.34. The minimum atomic E-state index is -0.144. The number of hydrogen-bond acceptors (Lipinski definition) is 1. The predicted molar refractivity (Wildman–Crippen MR) is 89.5 cm³/mol. The van der Waals surface area contributed by atoms with Crippen LogP contribution in [0.2, 0.25) is 5.02 Å². The van der Waals surface area contributed by atoms with Gasteiger partial charge in [0, 0.05) is 17.1 Å². The summed E-state index contributed by atoms with van der Waals surface area (Å²) in [4.78, 5) is 12.2. The van der Waals surface area contributed by atoms with Gasteiger partial charge in [-0.2, -0.15) is 0 Å². The first-order valence-electron chi connectivity index (χ1n) is 7.48. The van der Waals surface area contributed by atoms with Crippen molar-refractivity contribution < 1.29 is 10.1 Å². The van der Waals surface area contributed by atoms with Gasteiger partial charge in [-0.3, -0.25) is 4.79 Å². The van der Waals surface area contributed by atoms with E-state index in [1.54, 1.807) is 0 Å². The summed E-state index contributed by atoms with van der Waals surface area (Å²) in [5.41, 5.74) is 2.26. The summed E-state index contributed by atoms with van der Waals surface area (Å²) < 4.78 is 0. The Labute approximate surface area is 136 Å². The Bertz CT molecular complexity index is 598. The van der Waals surface area contributed by atoms with Crippen molar-refractivity contribution >= 4 is 17.5 Å². The zero-order valence-electron chi connectivity index (χ0n) is 12.9. The smallest absolute Gasteiger partial charge is 0.278 e. The van der Waals surface area contributed by atoms with Crippen LogP contribution in [-0.2, 0) is 11.3 Å². The van der Waals surface area contributed by atoms with Crippen LogP contribution in [0.15, 0.2) is 54.6 Å². The zero-order chi connectivity index (χ0) is 15.9. The highest BCUT2D eigenvalue weighted by molar-refractivity contribution is 6.30. The molecule has 0 fully saturated rings. The molecule has 2 aromatic carbocycles. The Kier molecular flexibility index (Phi) is 5.99. The van der Waals surface area contributed by atoms with Gasteiger partial charge in [0.2, 0.25) is 0 Å². The maximum Gasteiger partial charge on any atom is 0.278 e. The molecule has 0 saturated carbocycles. The van der Waals surface area contributed by atoms with E-state index >= 15 is 0 Å². The second-order valence-corrected chi connectivity index (χ2v) is 5.96. The molecule has 0 unspecified atom stereocenters. The molecule has 0 heterocycles. The fraction of sp³-hybridized carbons (Fsp3) is 0.278. The summed E-state index contributed by atoms with van der Waals surface area (Å²) in [6.45, 7) is 4.57. The molecule has 3 N–H and O–H groups in total.